The van der Waals surface area contributed by atoms with Crippen LogP contribution in [0.25, 0.3) is 0 Å². The normalized spacial score (nSPS) is 21.1. The van der Waals surface area contributed by atoms with Crippen molar-refractivity contribution in [2.45, 2.75) is 18.9 Å². The van der Waals surface area contributed by atoms with Gasteiger partial charge >= 0.3 is 0 Å². The zero-order valence-electron chi connectivity index (χ0n) is 16.2. The third kappa shape index (κ3) is 3.14. The molecule has 4 rings (SSSR count). The first-order chi connectivity index (χ1) is 13.6. The number of fused-ring (bicyclic) bond motifs is 1. The number of nitrogens with zero attached hydrogens (tertiary/aromatic N) is 1. The lowest BCUT2D eigenvalue weighted by Crippen LogP contribution is -3.11. The molecule has 0 aliphatic carbocycles. The van der Waals surface area contributed by atoms with Gasteiger partial charge in [0, 0.05) is 18.9 Å². The SMILES string of the molecule is COc1ccc([C@@H]2CCC[NH+]2CCN2C(=O)c3ccccc3C2=O)c(OC)c1. The van der Waals surface area contributed by atoms with Crippen LogP contribution in [-0.4, -0.2) is 50.6 Å². The number of benzene rings is 2. The Balaban J connectivity index is 1.49. The quantitative estimate of drug-likeness (QED) is 0.774. The summed E-state index contributed by atoms with van der Waals surface area (Å²) < 4.78 is 10.9. The van der Waals surface area contributed by atoms with E-state index in [9.17, 15) is 9.59 Å². The van der Waals surface area contributed by atoms with E-state index in [2.05, 4.69) is 6.07 Å². The van der Waals surface area contributed by atoms with Crippen molar-refractivity contribution in [2.24, 2.45) is 0 Å². The van der Waals surface area contributed by atoms with Gasteiger partial charge in [-0.1, -0.05) is 12.1 Å². The molecule has 2 atom stereocenters. The molecule has 28 heavy (non-hydrogen) atoms. The van der Waals surface area contributed by atoms with Crippen LogP contribution in [-0.2, 0) is 0 Å². The van der Waals surface area contributed by atoms with Crippen LogP contribution in [0.5, 0.6) is 11.5 Å². The van der Waals surface area contributed by atoms with Crippen molar-refractivity contribution in [3.05, 3.63) is 59.2 Å². The Morgan fingerprint density at radius 3 is 2.39 bits per heavy atom. The Labute approximate surface area is 164 Å². The second-order valence-corrected chi connectivity index (χ2v) is 7.27. The summed E-state index contributed by atoms with van der Waals surface area (Å²) in [5.41, 5.74) is 2.17. The maximum atomic E-state index is 12.6. The fraction of sp³-hybridized carbons (Fsp3) is 0.364. The molecule has 6 nitrogen and oxygen atoms in total. The van der Waals surface area contributed by atoms with Gasteiger partial charge in [-0.2, -0.15) is 0 Å². The van der Waals surface area contributed by atoms with Gasteiger partial charge in [-0.3, -0.25) is 14.5 Å². The molecule has 1 fully saturated rings. The first-order valence-corrected chi connectivity index (χ1v) is 9.65. The van der Waals surface area contributed by atoms with Crippen molar-refractivity contribution in [3.8, 4) is 11.5 Å². The molecule has 2 aliphatic rings. The number of rotatable bonds is 6. The van der Waals surface area contributed by atoms with Crippen molar-refractivity contribution in [1.82, 2.24) is 4.90 Å². The molecule has 1 saturated heterocycles. The highest BCUT2D eigenvalue weighted by Crippen LogP contribution is 2.31. The van der Waals surface area contributed by atoms with E-state index in [4.69, 9.17) is 9.47 Å². The van der Waals surface area contributed by atoms with Gasteiger partial charge in [0.05, 0.1) is 50.5 Å². The van der Waals surface area contributed by atoms with Crippen LogP contribution in [0.4, 0.5) is 0 Å². The highest BCUT2D eigenvalue weighted by atomic mass is 16.5. The van der Waals surface area contributed by atoms with Crippen molar-refractivity contribution in [2.75, 3.05) is 33.9 Å². The predicted octanol–water partition coefficient (Wildman–Crippen LogP) is 1.72. The number of carbonyl (C=O) groups excluding carboxylic acids is 2. The number of imide groups is 1. The van der Waals surface area contributed by atoms with Crippen LogP contribution in [0.3, 0.4) is 0 Å². The van der Waals surface area contributed by atoms with Gasteiger partial charge in [-0.25, -0.2) is 0 Å². The van der Waals surface area contributed by atoms with E-state index in [1.807, 2.05) is 12.1 Å². The fourth-order valence-corrected chi connectivity index (χ4v) is 4.39. The third-order valence-electron chi connectivity index (χ3n) is 5.83. The van der Waals surface area contributed by atoms with Crippen LogP contribution in [0.1, 0.15) is 45.2 Å². The van der Waals surface area contributed by atoms with Gasteiger partial charge in [0.25, 0.3) is 11.8 Å². The van der Waals surface area contributed by atoms with Gasteiger partial charge in [0.1, 0.15) is 17.5 Å². The van der Waals surface area contributed by atoms with E-state index >= 15 is 0 Å². The van der Waals surface area contributed by atoms with Crippen LogP contribution >= 0.6 is 0 Å². The second-order valence-electron chi connectivity index (χ2n) is 7.27. The molecule has 2 heterocycles. The monoisotopic (exact) mass is 381 g/mol. The molecule has 2 aromatic carbocycles. The number of methoxy groups -OCH3 is 2. The summed E-state index contributed by atoms with van der Waals surface area (Å²) in [6.07, 6.45) is 2.16. The summed E-state index contributed by atoms with van der Waals surface area (Å²) in [4.78, 5) is 28.0. The highest BCUT2D eigenvalue weighted by molar-refractivity contribution is 6.21. The number of nitrogens with one attached hydrogen (secondary N) is 1. The molecule has 0 bridgehead atoms. The van der Waals surface area contributed by atoms with Crippen molar-refractivity contribution in [1.29, 1.82) is 0 Å². The Kier molecular flexibility index (Phi) is 5.05. The lowest BCUT2D eigenvalue weighted by molar-refractivity contribution is -0.917. The predicted molar refractivity (Wildman–Crippen MR) is 104 cm³/mol. The molecule has 0 spiro atoms. The number of carbonyl (C=O) groups is 2. The number of amides is 2. The topological polar surface area (TPSA) is 60.3 Å². The summed E-state index contributed by atoms with van der Waals surface area (Å²) in [6.45, 7) is 2.17. The van der Waals surface area contributed by atoms with Crippen LogP contribution in [0.15, 0.2) is 42.5 Å². The zero-order chi connectivity index (χ0) is 19.7. The molecule has 2 aliphatic heterocycles. The van der Waals surface area contributed by atoms with E-state index in [1.165, 1.54) is 9.80 Å². The molecule has 6 heteroatoms. The molecule has 0 aromatic heterocycles. The zero-order valence-corrected chi connectivity index (χ0v) is 16.2. The molecule has 2 aromatic rings. The smallest absolute Gasteiger partial charge is 0.261 e. The Morgan fingerprint density at radius 1 is 1.04 bits per heavy atom. The molecule has 146 valence electrons. The van der Waals surface area contributed by atoms with Crippen molar-refractivity contribution in [3.63, 3.8) is 0 Å². The van der Waals surface area contributed by atoms with E-state index in [-0.39, 0.29) is 17.9 Å². The number of likely N-dealkylation sites (tertiary alicyclic amines) is 1. The molecular formula is C22H25N2O4+. The van der Waals surface area contributed by atoms with E-state index in [0.717, 1.165) is 43.0 Å². The molecule has 1 N–H and O–H groups in total. The van der Waals surface area contributed by atoms with Crippen molar-refractivity contribution < 1.29 is 24.0 Å². The first-order valence-electron chi connectivity index (χ1n) is 9.65. The number of hydrogen-bond acceptors (Lipinski definition) is 4. The Morgan fingerprint density at radius 2 is 1.75 bits per heavy atom. The van der Waals surface area contributed by atoms with Gasteiger partial charge < -0.3 is 14.4 Å². The first kappa shape index (κ1) is 18.5. The van der Waals surface area contributed by atoms with Crippen molar-refractivity contribution >= 4 is 11.8 Å². The minimum Gasteiger partial charge on any atom is -0.497 e. The Bertz CT molecular complexity index is 876. The summed E-state index contributed by atoms with van der Waals surface area (Å²) in [6, 6.07) is 13.3. The molecule has 0 saturated carbocycles. The van der Waals surface area contributed by atoms with E-state index in [0.29, 0.717) is 17.7 Å². The highest BCUT2D eigenvalue weighted by Gasteiger charge is 2.38. The second kappa shape index (κ2) is 7.64. The Hall–Kier alpha value is -2.86. The van der Waals surface area contributed by atoms with Gasteiger partial charge in [0.2, 0.25) is 0 Å². The fourth-order valence-electron chi connectivity index (χ4n) is 4.39. The van der Waals surface area contributed by atoms with Crippen LogP contribution in [0.2, 0.25) is 0 Å². The summed E-state index contributed by atoms with van der Waals surface area (Å²) in [7, 11) is 3.31. The average molecular weight is 381 g/mol. The largest absolute Gasteiger partial charge is 0.497 e. The minimum atomic E-state index is -0.183. The third-order valence-corrected chi connectivity index (χ3v) is 5.83. The van der Waals surface area contributed by atoms with Gasteiger partial charge in [0.15, 0.2) is 0 Å². The molecule has 2 amide bonds. The number of quaternary nitrogens is 1. The maximum absolute atomic E-state index is 12.6. The maximum Gasteiger partial charge on any atom is 0.261 e. The van der Waals surface area contributed by atoms with E-state index < -0.39 is 0 Å². The summed E-state index contributed by atoms with van der Waals surface area (Å²) >= 11 is 0. The lowest BCUT2D eigenvalue weighted by atomic mass is 10.0. The molecule has 0 radical (unpaired) electrons. The van der Waals surface area contributed by atoms with Crippen LogP contribution in [0, 0.1) is 0 Å². The summed E-state index contributed by atoms with van der Waals surface area (Å²) in [5, 5.41) is 0. The van der Waals surface area contributed by atoms with Gasteiger partial charge in [-0.15, -0.1) is 0 Å². The number of ether oxygens (including phenoxy) is 2. The average Bonchev–Trinajstić information content (AvgIpc) is 3.29. The van der Waals surface area contributed by atoms with Crippen LogP contribution < -0.4 is 14.4 Å². The van der Waals surface area contributed by atoms with E-state index in [1.54, 1.807) is 38.5 Å². The number of hydrogen-bond donors (Lipinski definition) is 1. The lowest BCUT2D eigenvalue weighted by Gasteiger charge is -2.25. The standard InChI is InChI=1S/C22H24N2O4/c1-27-15-9-10-18(20(14-15)28-2)19-8-5-11-23(19)12-13-24-21(25)16-6-3-4-7-17(16)22(24)26/h3-4,6-7,9-10,14,19H,5,8,11-13H2,1-2H3/p+1/t19-/m0/s1. The summed E-state index contributed by atoms with van der Waals surface area (Å²) in [5.74, 6) is 1.23. The molecule has 1 unspecified atom stereocenters. The molecular weight excluding hydrogens is 356 g/mol. The minimum absolute atomic E-state index is 0.183. The van der Waals surface area contributed by atoms with Gasteiger partial charge in [-0.05, 0) is 24.3 Å².